The van der Waals surface area contributed by atoms with E-state index in [2.05, 4.69) is 15.7 Å². The molecule has 2 N–H and O–H groups in total. The van der Waals surface area contributed by atoms with E-state index in [1.807, 2.05) is 19.3 Å². The van der Waals surface area contributed by atoms with Crippen molar-refractivity contribution in [3.63, 3.8) is 0 Å². The van der Waals surface area contributed by atoms with Gasteiger partial charge in [-0.2, -0.15) is 5.10 Å². The Morgan fingerprint density at radius 1 is 1.56 bits per heavy atom. The summed E-state index contributed by atoms with van der Waals surface area (Å²) >= 11 is 0. The van der Waals surface area contributed by atoms with Gasteiger partial charge in [0.15, 0.2) is 0 Å². The van der Waals surface area contributed by atoms with Gasteiger partial charge in [0.05, 0.1) is 11.7 Å². The largest absolute Gasteiger partial charge is 0.354 e. The van der Waals surface area contributed by atoms with Gasteiger partial charge in [-0.3, -0.25) is 9.48 Å². The van der Waals surface area contributed by atoms with Crippen LogP contribution in [-0.4, -0.2) is 34.8 Å². The van der Waals surface area contributed by atoms with E-state index in [0.717, 1.165) is 31.5 Å². The summed E-state index contributed by atoms with van der Waals surface area (Å²) in [5.74, 6) is 0.132. The number of nitrogens with zero attached hydrogens (tertiary/aromatic N) is 2. The molecule has 0 radical (unpaired) electrons. The highest BCUT2D eigenvalue weighted by atomic mass is 16.2. The first kappa shape index (κ1) is 13.1. The molecule has 1 amide bonds. The summed E-state index contributed by atoms with van der Waals surface area (Å²) in [6.07, 6.45) is 7.21. The molecule has 0 aliphatic carbocycles. The van der Waals surface area contributed by atoms with Crippen molar-refractivity contribution in [2.75, 3.05) is 13.1 Å². The first-order valence-corrected chi connectivity index (χ1v) is 6.75. The number of amides is 1. The van der Waals surface area contributed by atoms with E-state index in [1.54, 1.807) is 4.68 Å². The molecule has 100 valence electrons. The molecule has 2 heterocycles. The van der Waals surface area contributed by atoms with Crippen LogP contribution in [0.4, 0.5) is 0 Å². The van der Waals surface area contributed by atoms with Crippen LogP contribution in [0, 0.1) is 0 Å². The molecular weight excluding hydrogens is 228 g/mol. The third-order valence-corrected chi connectivity index (χ3v) is 3.33. The second-order valence-electron chi connectivity index (χ2n) is 4.88. The monoisotopic (exact) mass is 250 g/mol. The molecule has 1 atom stereocenters. The summed E-state index contributed by atoms with van der Waals surface area (Å²) in [6, 6.07) is 1.98. The Morgan fingerprint density at radius 3 is 3.22 bits per heavy atom. The van der Waals surface area contributed by atoms with E-state index in [0.29, 0.717) is 6.54 Å². The molecule has 1 saturated heterocycles. The first-order chi connectivity index (χ1) is 8.75. The van der Waals surface area contributed by atoms with Gasteiger partial charge < -0.3 is 10.6 Å². The molecular formula is C13H22N4O. The van der Waals surface area contributed by atoms with Crippen LogP contribution in [0.5, 0.6) is 0 Å². The number of nitrogens with one attached hydrogen (secondary N) is 2. The summed E-state index contributed by atoms with van der Waals surface area (Å²) < 4.78 is 1.78. The van der Waals surface area contributed by atoms with Crippen LogP contribution in [0.25, 0.3) is 0 Å². The SMILES string of the molecule is Cn1ccc(CCNC(=O)C2CCCCCN2)n1. The molecule has 0 aromatic carbocycles. The molecule has 0 spiro atoms. The minimum absolute atomic E-state index is 0.00349. The predicted octanol–water partition coefficient (Wildman–Crippen LogP) is 0.611. The molecule has 1 aromatic heterocycles. The summed E-state index contributed by atoms with van der Waals surface area (Å²) in [6.45, 7) is 1.62. The maximum Gasteiger partial charge on any atom is 0.237 e. The van der Waals surface area contributed by atoms with Gasteiger partial charge in [-0.25, -0.2) is 0 Å². The van der Waals surface area contributed by atoms with Crippen molar-refractivity contribution in [3.05, 3.63) is 18.0 Å². The van der Waals surface area contributed by atoms with Crippen molar-refractivity contribution >= 4 is 5.91 Å². The number of aromatic nitrogens is 2. The lowest BCUT2D eigenvalue weighted by Gasteiger charge is -2.15. The smallest absolute Gasteiger partial charge is 0.237 e. The third-order valence-electron chi connectivity index (χ3n) is 3.33. The van der Waals surface area contributed by atoms with Crippen LogP contribution in [0.1, 0.15) is 31.4 Å². The lowest BCUT2D eigenvalue weighted by atomic mass is 10.1. The average Bonchev–Trinajstić information content (AvgIpc) is 2.63. The van der Waals surface area contributed by atoms with Gasteiger partial charge in [0.2, 0.25) is 5.91 Å². The average molecular weight is 250 g/mol. The molecule has 0 bridgehead atoms. The fourth-order valence-electron chi connectivity index (χ4n) is 2.29. The van der Waals surface area contributed by atoms with E-state index in [4.69, 9.17) is 0 Å². The number of carbonyl (C=O) groups excluding carboxylic acids is 1. The zero-order chi connectivity index (χ0) is 12.8. The molecule has 1 aromatic rings. The second-order valence-corrected chi connectivity index (χ2v) is 4.88. The minimum atomic E-state index is -0.00349. The van der Waals surface area contributed by atoms with Gasteiger partial charge >= 0.3 is 0 Å². The van der Waals surface area contributed by atoms with Crippen molar-refractivity contribution in [1.29, 1.82) is 0 Å². The summed E-state index contributed by atoms with van der Waals surface area (Å²) in [5, 5.41) is 10.6. The maximum atomic E-state index is 11.9. The highest BCUT2D eigenvalue weighted by Gasteiger charge is 2.18. The molecule has 1 unspecified atom stereocenters. The van der Waals surface area contributed by atoms with E-state index >= 15 is 0 Å². The van der Waals surface area contributed by atoms with E-state index in [1.165, 1.54) is 12.8 Å². The van der Waals surface area contributed by atoms with Crippen molar-refractivity contribution in [2.24, 2.45) is 7.05 Å². The molecule has 1 aliphatic rings. The van der Waals surface area contributed by atoms with Crippen LogP contribution >= 0.6 is 0 Å². The third kappa shape index (κ3) is 3.84. The van der Waals surface area contributed by atoms with Gasteiger partial charge in [-0.05, 0) is 25.5 Å². The van der Waals surface area contributed by atoms with Gasteiger partial charge in [0.1, 0.15) is 0 Å². The molecule has 5 nitrogen and oxygen atoms in total. The van der Waals surface area contributed by atoms with Crippen LogP contribution in [-0.2, 0) is 18.3 Å². The molecule has 5 heteroatoms. The number of hydrogen-bond acceptors (Lipinski definition) is 3. The topological polar surface area (TPSA) is 59.0 Å². The Labute approximate surface area is 108 Å². The van der Waals surface area contributed by atoms with Gasteiger partial charge in [-0.1, -0.05) is 12.8 Å². The van der Waals surface area contributed by atoms with E-state index < -0.39 is 0 Å². The Hall–Kier alpha value is -1.36. The molecule has 2 rings (SSSR count). The van der Waals surface area contributed by atoms with Crippen molar-refractivity contribution in [3.8, 4) is 0 Å². The van der Waals surface area contributed by atoms with Crippen molar-refractivity contribution in [2.45, 2.75) is 38.1 Å². The summed E-state index contributed by atoms with van der Waals surface area (Å²) in [7, 11) is 1.90. The number of hydrogen-bond donors (Lipinski definition) is 2. The Kier molecular flexibility index (Phi) is 4.75. The molecule has 18 heavy (non-hydrogen) atoms. The summed E-state index contributed by atoms with van der Waals surface area (Å²) in [5.41, 5.74) is 1.02. The lowest BCUT2D eigenvalue weighted by Crippen LogP contribution is -2.44. The Morgan fingerprint density at radius 2 is 2.44 bits per heavy atom. The molecule has 1 fully saturated rings. The second kappa shape index (κ2) is 6.54. The summed E-state index contributed by atoms with van der Waals surface area (Å²) in [4.78, 5) is 11.9. The number of carbonyl (C=O) groups is 1. The maximum absolute atomic E-state index is 11.9. The van der Waals surface area contributed by atoms with Crippen LogP contribution in [0.2, 0.25) is 0 Å². The highest BCUT2D eigenvalue weighted by molar-refractivity contribution is 5.81. The molecule has 1 aliphatic heterocycles. The quantitative estimate of drug-likeness (QED) is 0.823. The van der Waals surface area contributed by atoms with Crippen molar-refractivity contribution < 1.29 is 4.79 Å². The van der Waals surface area contributed by atoms with Crippen molar-refractivity contribution in [1.82, 2.24) is 20.4 Å². The van der Waals surface area contributed by atoms with E-state index in [9.17, 15) is 4.79 Å². The first-order valence-electron chi connectivity index (χ1n) is 6.75. The zero-order valence-corrected chi connectivity index (χ0v) is 11.0. The van der Waals surface area contributed by atoms with Crippen LogP contribution < -0.4 is 10.6 Å². The molecule has 0 saturated carbocycles. The predicted molar refractivity (Wildman–Crippen MR) is 70.2 cm³/mol. The van der Waals surface area contributed by atoms with Crippen LogP contribution in [0.3, 0.4) is 0 Å². The normalized spacial score (nSPS) is 20.4. The zero-order valence-electron chi connectivity index (χ0n) is 11.0. The van der Waals surface area contributed by atoms with Gasteiger partial charge in [-0.15, -0.1) is 0 Å². The van der Waals surface area contributed by atoms with Gasteiger partial charge in [0.25, 0.3) is 0 Å². The minimum Gasteiger partial charge on any atom is -0.354 e. The van der Waals surface area contributed by atoms with E-state index in [-0.39, 0.29) is 11.9 Å². The fourth-order valence-corrected chi connectivity index (χ4v) is 2.29. The Balaban J connectivity index is 1.70. The fraction of sp³-hybridized carbons (Fsp3) is 0.692. The van der Waals surface area contributed by atoms with Crippen LogP contribution in [0.15, 0.2) is 12.3 Å². The highest BCUT2D eigenvalue weighted by Crippen LogP contribution is 2.08. The lowest BCUT2D eigenvalue weighted by molar-refractivity contribution is -0.123. The Bertz CT molecular complexity index is 380. The number of rotatable bonds is 4. The standard InChI is InChI=1S/C13H22N4O/c1-17-10-7-11(16-17)6-9-15-13(18)12-5-3-2-4-8-14-12/h7,10,12,14H,2-6,8-9H2,1H3,(H,15,18). The number of aryl methyl sites for hydroxylation is 1. The van der Waals surface area contributed by atoms with Gasteiger partial charge in [0, 0.05) is 26.2 Å².